The zero-order valence-electron chi connectivity index (χ0n) is 30.3. The predicted molar refractivity (Wildman–Crippen MR) is 223 cm³/mol. The molecule has 0 amide bonds. The summed E-state index contributed by atoms with van der Waals surface area (Å²) in [7, 11) is -2.41. The molecule has 0 fully saturated rings. The summed E-state index contributed by atoms with van der Waals surface area (Å²) in [6.07, 6.45) is 0. The van der Waals surface area contributed by atoms with Crippen molar-refractivity contribution < 1.29 is 4.57 Å². The number of nitrogens with zero attached hydrogens (tertiary/aromatic N) is 2. The highest BCUT2D eigenvalue weighted by molar-refractivity contribution is 7.70. The smallest absolute Gasteiger partial charge is 0.160 e. The van der Waals surface area contributed by atoms with E-state index in [1.165, 1.54) is 38.6 Å². The molecule has 4 heteroatoms. The van der Waals surface area contributed by atoms with Gasteiger partial charge in [0.05, 0.1) is 11.4 Å². The maximum absolute atomic E-state index is 13.0. The van der Waals surface area contributed by atoms with Crippen LogP contribution in [0.25, 0.3) is 78.1 Å². The Morgan fingerprint density at radius 3 is 1.79 bits per heavy atom. The third kappa shape index (κ3) is 5.82. The molecule has 53 heavy (non-hydrogen) atoms. The van der Waals surface area contributed by atoms with Crippen molar-refractivity contribution >= 4 is 23.2 Å². The van der Waals surface area contributed by atoms with Crippen LogP contribution >= 0.6 is 7.14 Å². The second-order valence-corrected chi connectivity index (χ2v) is 18.2. The van der Waals surface area contributed by atoms with Gasteiger partial charge in [-0.05, 0) is 98.9 Å². The fraction of sp³-hybridized carbons (Fsp3) is 0.102. The Kier molecular flexibility index (Phi) is 7.87. The maximum atomic E-state index is 13.0. The molecule has 8 aromatic rings. The Hall–Kier alpha value is -5.89. The van der Waals surface area contributed by atoms with E-state index in [1.807, 2.05) is 61.9 Å². The van der Waals surface area contributed by atoms with Crippen molar-refractivity contribution in [1.29, 1.82) is 0 Å². The van der Waals surface area contributed by atoms with Gasteiger partial charge in [0.2, 0.25) is 0 Å². The van der Waals surface area contributed by atoms with E-state index in [9.17, 15) is 4.57 Å². The number of hydrogen-bond donors (Lipinski definition) is 0. The van der Waals surface area contributed by atoms with Crippen LogP contribution in [-0.2, 0) is 9.98 Å². The van der Waals surface area contributed by atoms with Crippen LogP contribution < -0.4 is 5.30 Å². The van der Waals surface area contributed by atoms with Gasteiger partial charge in [-0.25, -0.2) is 9.97 Å². The standard InChI is InChI=1S/C49H39N2OP/c1-49(2)43-22-14-13-21-41(43)46-42(30-35-19-11-12-20-40(35)47(46)49)37-27-36(32-23-25-39(26-24-32)53(3,4)52)28-38(29-37)45-31-44(33-15-7-5-8-16-33)50-48(51-45)34-17-9-6-10-18-34/h5-31H,1-4H3. The van der Waals surface area contributed by atoms with Crippen LogP contribution in [0.15, 0.2) is 164 Å². The minimum Gasteiger partial charge on any atom is -0.319 e. The van der Waals surface area contributed by atoms with Gasteiger partial charge in [-0.3, -0.25) is 0 Å². The molecule has 1 aliphatic rings. The van der Waals surface area contributed by atoms with Crippen LogP contribution in [0.3, 0.4) is 0 Å². The van der Waals surface area contributed by atoms with E-state index in [1.54, 1.807) is 0 Å². The molecule has 1 heterocycles. The Balaban J connectivity index is 1.34. The summed E-state index contributed by atoms with van der Waals surface area (Å²) >= 11 is 0. The summed E-state index contributed by atoms with van der Waals surface area (Å²) in [5, 5.41) is 3.39. The monoisotopic (exact) mass is 702 g/mol. The van der Waals surface area contributed by atoms with Crippen LogP contribution in [0.2, 0.25) is 0 Å². The summed E-state index contributed by atoms with van der Waals surface area (Å²) < 4.78 is 13.0. The lowest BCUT2D eigenvalue weighted by molar-refractivity contribution is 0.588. The molecule has 256 valence electrons. The second kappa shape index (κ2) is 12.7. The molecule has 0 atom stereocenters. The van der Waals surface area contributed by atoms with Gasteiger partial charge in [0.1, 0.15) is 7.14 Å². The van der Waals surface area contributed by atoms with Gasteiger partial charge in [0.25, 0.3) is 0 Å². The molecule has 0 radical (unpaired) electrons. The summed E-state index contributed by atoms with van der Waals surface area (Å²) in [5.41, 5.74) is 14.3. The molecule has 3 nitrogen and oxygen atoms in total. The van der Waals surface area contributed by atoms with Gasteiger partial charge >= 0.3 is 0 Å². The number of benzene rings is 7. The Labute approximate surface area is 311 Å². The van der Waals surface area contributed by atoms with Crippen molar-refractivity contribution in [1.82, 2.24) is 9.97 Å². The van der Waals surface area contributed by atoms with Crippen molar-refractivity contribution in [3.05, 3.63) is 175 Å². The van der Waals surface area contributed by atoms with Crippen molar-refractivity contribution in [3.8, 4) is 67.3 Å². The van der Waals surface area contributed by atoms with Gasteiger partial charge in [0, 0.05) is 27.4 Å². The topological polar surface area (TPSA) is 42.9 Å². The van der Waals surface area contributed by atoms with Gasteiger partial charge in [-0.1, -0.05) is 147 Å². The highest BCUT2D eigenvalue weighted by Gasteiger charge is 2.38. The third-order valence-electron chi connectivity index (χ3n) is 10.7. The summed E-state index contributed by atoms with van der Waals surface area (Å²) in [6.45, 7) is 8.36. The first-order valence-corrected chi connectivity index (χ1v) is 20.7. The molecule has 1 aliphatic carbocycles. The van der Waals surface area contributed by atoms with Crippen LogP contribution in [0.5, 0.6) is 0 Å². The first kappa shape index (κ1) is 33.0. The van der Waals surface area contributed by atoms with Gasteiger partial charge in [-0.2, -0.15) is 0 Å². The Morgan fingerprint density at radius 1 is 0.491 bits per heavy atom. The quantitative estimate of drug-likeness (QED) is 0.162. The van der Waals surface area contributed by atoms with Gasteiger partial charge in [0.15, 0.2) is 5.82 Å². The maximum Gasteiger partial charge on any atom is 0.160 e. The summed E-state index contributed by atoms with van der Waals surface area (Å²) in [4.78, 5) is 10.3. The lowest BCUT2D eigenvalue weighted by Crippen LogP contribution is -2.15. The lowest BCUT2D eigenvalue weighted by atomic mass is 9.79. The van der Waals surface area contributed by atoms with E-state index in [2.05, 4.69) is 129 Å². The number of rotatable bonds is 6. The van der Waals surface area contributed by atoms with Crippen molar-refractivity contribution in [3.63, 3.8) is 0 Å². The van der Waals surface area contributed by atoms with Crippen molar-refractivity contribution in [2.75, 3.05) is 13.3 Å². The SMILES string of the molecule is CC1(C)c2ccccc2-c2c(-c3cc(-c4ccc(P(C)(C)=O)cc4)cc(-c4cc(-c5ccccc5)nc(-c5ccccc5)n4)c3)cc3ccccc3c21. The average molecular weight is 703 g/mol. The fourth-order valence-corrected chi connectivity index (χ4v) is 8.93. The fourth-order valence-electron chi connectivity index (χ4n) is 8.06. The van der Waals surface area contributed by atoms with Gasteiger partial charge in [-0.15, -0.1) is 0 Å². The van der Waals surface area contributed by atoms with Crippen molar-refractivity contribution in [2.24, 2.45) is 0 Å². The third-order valence-corrected chi connectivity index (χ3v) is 12.3. The second-order valence-electron chi connectivity index (χ2n) is 15.0. The minimum atomic E-state index is -2.41. The van der Waals surface area contributed by atoms with E-state index in [0.29, 0.717) is 5.82 Å². The molecule has 9 rings (SSSR count). The molecule has 0 aliphatic heterocycles. The molecule has 7 aromatic carbocycles. The zero-order valence-corrected chi connectivity index (χ0v) is 31.2. The molecule has 0 bridgehead atoms. The highest BCUT2D eigenvalue weighted by Crippen LogP contribution is 2.55. The average Bonchev–Trinajstić information content (AvgIpc) is 3.44. The number of hydrogen-bond acceptors (Lipinski definition) is 3. The van der Waals surface area contributed by atoms with E-state index in [0.717, 1.165) is 50.1 Å². The molecule has 0 spiro atoms. The summed E-state index contributed by atoms with van der Waals surface area (Å²) in [6, 6.07) is 57.8. The van der Waals surface area contributed by atoms with Crippen LogP contribution in [0, 0.1) is 0 Å². The molecular weight excluding hydrogens is 664 g/mol. The largest absolute Gasteiger partial charge is 0.319 e. The normalized spacial score (nSPS) is 13.1. The molecule has 0 unspecified atom stereocenters. The van der Waals surface area contributed by atoms with Crippen LogP contribution in [-0.4, -0.2) is 23.3 Å². The van der Waals surface area contributed by atoms with Crippen LogP contribution in [0.1, 0.15) is 25.0 Å². The molecule has 0 saturated heterocycles. The summed E-state index contributed by atoms with van der Waals surface area (Å²) in [5.74, 6) is 0.683. The van der Waals surface area contributed by atoms with Gasteiger partial charge < -0.3 is 4.57 Å². The zero-order chi connectivity index (χ0) is 36.3. The van der Waals surface area contributed by atoms with Crippen LogP contribution in [0.4, 0.5) is 0 Å². The number of fused-ring (bicyclic) bond motifs is 5. The minimum absolute atomic E-state index is 0.173. The lowest BCUT2D eigenvalue weighted by Gasteiger charge is -2.24. The molecule has 1 aromatic heterocycles. The van der Waals surface area contributed by atoms with E-state index >= 15 is 0 Å². The highest BCUT2D eigenvalue weighted by atomic mass is 31.2. The molecule has 0 saturated carbocycles. The van der Waals surface area contributed by atoms with Crippen molar-refractivity contribution in [2.45, 2.75) is 19.3 Å². The first-order valence-electron chi connectivity index (χ1n) is 18.1. The van der Waals surface area contributed by atoms with E-state index < -0.39 is 7.14 Å². The number of aromatic nitrogens is 2. The predicted octanol–water partition coefficient (Wildman–Crippen LogP) is 12.5. The first-order chi connectivity index (χ1) is 25.6. The Bertz CT molecular complexity index is 2670. The van der Waals surface area contributed by atoms with E-state index in [-0.39, 0.29) is 5.41 Å². The molecular formula is C49H39N2OP. The van der Waals surface area contributed by atoms with E-state index in [4.69, 9.17) is 9.97 Å². The molecule has 0 N–H and O–H groups in total. The Morgan fingerprint density at radius 2 is 1.08 bits per heavy atom.